The van der Waals surface area contributed by atoms with Crippen LogP contribution in [0.5, 0.6) is 0 Å². The van der Waals surface area contributed by atoms with Gasteiger partial charge in [0, 0.05) is 62.3 Å². The van der Waals surface area contributed by atoms with E-state index in [0.29, 0.717) is 18.0 Å². The highest BCUT2D eigenvalue weighted by molar-refractivity contribution is 6.04. The summed E-state index contributed by atoms with van der Waals surface area (Å²) in [5.41, 5.74) is 1.90. The standard InChI is InChI=1S/C28H40N6O2/c1-3-4-12-29-28-30-18-25-23-11-8-20(19-33-15-13-32(2)14-16-33)17-24(23)27(36)34(26(25)31-28)21-6-5-7-22(35)10-9-21/h8,11,17-18,21-22,35H,3-7,9-10,12-16,19H2,1-2H3,(H,29,30,31)/t21?,22-/m0/s1. The van der Waals surface area contributed by atoms with Crippen molar-refractivity contribution in [1.29, 1.82) is 0 Å². The average molecular weight is 493 g/mol. The van der Waals surface area contributed by atoms with E-state index in [1.165, 1.54) is 5.56 Å². The van der Waals surface area contributed by atoms with E-state index in [2.05, 4.69) is 52.3 Å². The zero-order chi connectivity index (χ0) is 25.1. The maximum absolute atomic E-state index is 14.1. The molecule has 1 aliphatic carbocycles. The quantitative estimate of drug-likeness (QED) is 0.295. The number of likely N-dealkylation sites (N-methyl/N-ethyl adjacent to an activating group) is 1. The summed E-state index contributed by atoms with van der Waals surface area (Å²) in [5.74, 6) is 0.573. The Labute approximate surface area is 213 Å². The molecule has 36 heavy (non-hydrogen) atoms. The Bertz CT molecular complexity index is 1250. The molecule has 2 N–H and O–H groups in total. The van der Waals surface area contributed by atoms with Crippen LogP contribution in [-0.2, 0) is 6.54 Å². The fourth-order valence-corrected chi connectivity index (χ4v) is 5.66. The van der Waals surface area contributed by atoms with Crippen molar-refractivity contribution in [1.82, 2.24) is 24.3 Å². The second-order valence-electron chi connectivity index (χ2n) is 10.7. The summed E-state index contributed by atoms with van der Waals surface area (Å²) in [7, 11) is 2.17. The van der Waals surface area contributed by atoms with Gasteiger partial charge in [0.2, 0.25) is 5.95 Å². The summed E-state index contributed by atoms with van der Waals surface area (Å²) in [6, 6.07) is 6.35. The molecule has 2 aromatic heterocycles. The molecule has 0 bridgehead atoms. The Morgan fingerprint density at radius 2 is 1.89 bits per heavy atom. The molecule has 0 spiro atoms. The average Bonchev–Trinajstić information content (AvgIpc) is 3.10. The summed E-state index contributed by atoms with van der Waals surface area (Å²) in [6.07, 6.45) is 7.81. The Morgan fingerprint density at radius 3 is 2.69 bits per heavy atom. The van der Waals surface area contributed by atoms with Gasteiger partial charge in [-0.2, -0.15) is 4.98 Å². The van der Waals surface area contributed by atoms with Crippen molar-refractivity contribution in [3.63, 3.8) is 0 Å². The third-order valence-electron chi connectivity index (χ3n) is 7.91. The number of benzene rings is 1. The lowest BCUT2D eigenvalue weighted by Crippen LogP contribution is -2.43. The first-order chi connectivity index (χ1) is 17.5. The molecule has 1 aromatic carbocycles. The molecule has 0 radical (unpaired) electrons. The van der Waals surface area contributed by atoms with Gasteiger partial charge in [0.05, 0.1) is 6.10 Å². The minimum Gasteiger partial charge on any atom is -0.393 e. The summed E-state index contributed by atoms with van der Waals surface area (Å²) in [4.78, 5) is 28.4. The number of aromatic nitrogens is 3. The third-order valence-corrected chi connectivity index (χ3v) is 7.91. The van der Waals surface area contributed by atoms with Crippen LogP contribution >= 0.6 is 0 Å². The Hall–Kier alpha value is -2.55. The number of fused-ring (bicyclic) bond motifs is 3. The zero-order valence-electron chi connectivity index (χ0n) is 21.7. The van der Waals surface area contributed by atoms with Crippen molar-refractivity contribution >= 4 is 27.8 Å². The number of aliphatic hydroxyl groups excluding tert-OH is 1. The summed E-state index contributed by atoms with van der Waals surface area (Å²) >= 11 is 0. The van der Waals surface area contributed by atoms with E-state index in [1.807, 2.05) is 10.8 Å². The lowest BCUT2D eigenvalue weighted by molar-refractivity contribution is 0.148. The number of rotatable bonds is 7. The van der Waals surface area contributed by atoms with Crippen LogP contribution in [0, 0.1) is 0 Å². The highest BCUT2D eigenvalue weighted by Crippen LogP contribution is 2.31. The molecular weight excluding hydrogens is 452 g/mol. The maximum atomic E-state index is 14.1. The minimum atomic E-state index is -0.284. The maximum Gasteiger partial charge on any atom is 0.260 e. The lowest BCUT2D eigenvalue weighted by atomic mass is 10.0. The molecule has 1 saturated heterocycles. The SMILES string of the molecule is CCCCNc1ncc2c3ccc(CN4CCN(C)CC4)cc3c(=O)n(C3CCC[C@H](O)CC3)c2n1. The van der Waals surface area contributed by atoms with Crippen molar-refractivity contribution in [2.45, 2.75) is 70.6 Å². The van der Waals surface area contributed by atoms with Gasteiger partial charge in [0.1, 0.15) is 5.65 Å². The largest absolute Gasteiger partial charge is 0.393 e. The topological polar surface area (TPSA) is 86.5 Å². The zero-order valence-corrected chi connectivity index (χ0v) is 21.7. The highest BCUT2D eigenvalue weighted by Gasteiger charge is 2.24. The number of hydrogen-bond donors (Lipinski definition) is 2. The molecule has 1 saturated carbocycles. The fraction of sp³-hybridized carbons (Fsp3) is 0.607. The van der Waals surface area contributed by atoms with Crippen LogP contribution in [0.4, 0.5) is 5.95 Å². The van der Waals surface area contributed by atoms with E-state index in [0.717, 1.165) is 94.0 Å². The number of piperazine rings is 1. The van der Waals surface area contributed by atoms with Crippen molar-refractivity contribution < 1.29 is 5.11 Å². The van der Waals surface area contributed by atoms with E-state index < -0.39 is 0 Å². The highest BCUT2D eigenvalue weighted by atomic mass is 16.3. The van der Waals surface area contributed by atoms with Gasteiger partial charge >= 0.3 is 0 Å². The molecule has 3 aromatic rings. The number of anilines is 1. The van der Waals surface area contributed by atoms with Crippen LogP contribution < -0.4 is 10.9 Å². The third kappa shape index (κ3) is 5.41. The predicted octanol–water partition coefficient (Wildman–Crippen LogP) is 3.77. The smallest absolute Gasteiger partial charge is 0.260 e. The lowest BCUT2D eigenvalue weighted by Gasteiger charge is -2.32. The van der Waals surface area contributed by atoms with Crippen molar-refractivity contribution in [2.75, 3.05) is 45.1 Å². The van der Waals surface area contributed by atoms with Gasteiger partial charge in [-0.15, -0.1) is 0 Å². The summed E-state index contributed by atoms with van der Waals surface area (Å²) in [6.45, 7) is 8.06. The predicted molar refractivity (Wildman–Crippen MR) is 146 cm³/mol. The normalized spacial score (nSPS) is 22.2. The van der Waals surface area contributed by atoms with Crippen LogP contribution in [-0.4, -0.2) is 75.3 Å². The Balaban J connectivity index is 1.58. The number of pyridine rings is 1. The Kier molecular flexibility index (Phi) is 7.84. The molecule has 2 fully saturated rings. The van der Waals surface area contributed by atoms with Crippen molar-refractivity contribution in [3.05, 3.63) is 40.3 Å². The molecule has 5 rings (SSSR count). The molecule has 2 aliphatic rings. The fourth-order valence-electron chi connectivity index (χ4n) is 5.66. The van der Waals surface area contributed by atoms with Crippen molar-refractivity contribution in [2.24, 2.45) is 0 Å². The first kappa shape index (κ1) is 25.1. The van der Waals surface area contributed by atoms with Gasteiger partial charge in [-0.1, -0.05) is 25.5 Å². The number of nitrogens with zero attached hydrogens (tertiary/aromatic N) is 5. The molecule has 0 amide bonds. The molecule has 8 nitrogen and oxygen atoms in total. The van der Waals surface area contributed by atoms with E-state index in [-0.39, 0.29) is 17.7 Å². The van der Waals surface area contributed by atoms with Crippen molar-refractivity contribution in [3.8, 4) is 0 Å². The van der Waals surface area contributed by atoms with Gasteiger partial charge in [0.25, 0.3) is 5.56 Å². The second kappa shape index (κ2) is 11.2. The molecule has 8 heteroatoms. The molecule has 3 heterocycles. The Morgan fingerprint density at radius 1 is 1.06 bits per heavy atom. The number of aliphatic hydroxyl groups is 1. The van der Waals surface area contributed by atoms with Gasteiger partial charge in [-0.25, -0.2) is 4.98 Å². The monoisotopic (exact) mass is 492 g/mol. The van der Waals surface area contributed by atoms with E-state index in [9.17, 15) is 9.90 Å². The van der Waals surface area contributed by atoms with Crippen LogP contribution in [0.2, 0.25) is 0 Å². The number of nitrogens with one attached hydrogen (secondary N) is 1. The summed E-state index contributed by atoms with van der Waals surface area (Å²) in [5, 5.41) is 16.2. The number of hydrogen-bond acceptors (Lipinski definition) is 7. The summed E-state index contributed by atoms with van der Waals surface area (Å²) < 4.78 is 1.92. The molecule has 194 valence electrons. The van der Waals surface area contributed by atoms with Gasteiger partial charge < -0.3 is 15.3 Å². The first-order valence-electron chi connectivity index (χ1n) is 13.7. The van der Waals surface area contributed by atoms with Gasteiger partial charge in [-0.3, -0.25) is 14.3 Å². The second-order valence-corrected chi connectivity index (χ2v) is 10.7. The van der Waals surface area contributed by atoms with E-state index in [4.69, 9.17) is 4.98 Å². The van der Waals surface area contributed by atoms with Crippen LogP contribution in [0.15, 0.2) is 29.2 Å². The minimum absolute atomic E-state index is 0.0253. The van der Waals surface area contributed by atoms with Gasteiger partial charge in [-0.05, 0) is 62.6 Å². The van der Waals surface area contributed by atoms with E-state index in [1.54, 1.807) is 0 Å². The molecule has 1 unspecified atom stereocenters. The molecule has 2 atom stereocenters. The number of unbranched alkanes of at least 4 members (excludes halogenated alkanes) is 1. The van der Waals surface area contributed by atoms with Crippen LogP contribution in [0.1, 0.15) is 63.5 Å². The van der Waals surface area contributed by atoms with Crippen LogP contribution in [0.25, 0.3) is 21.8 Å². The molecule has 1 aliphatic heterocycles. The van der Waals surface area contributed by atoms with Crippen LogP contribution in [0.3, 0.4) is 0 Å². The van der Waals surface area contributed by atoms with E-state index >= 15 is 0 Å². The first-order valence-corrected chi connectivity index (χ1v) is 13.7. The molecular formula is C28H40N6O2. The van der Waals surface area contributed by atoms with Gasteiger partial charge in [0.15, 0.2) is 0 Å².